The van der Waals surface area contributed by atoms with E-state index in [0.29, 0.717) is 6.54 Å². The molecule has 1 aromatic rings. The first-order valence-electron chi connectivity index (χ1n) is 4.61. The van der Waals surface area contributed by atoms with Crippen molar-refractivity contribution in [3.8, 4) is 0 Å². The maximum Gasteiger partial charge on any atom is 0.0931 e. The van der Waals surface area contributed by atoms with Crippen LogP contribution in [0.5, 0.6) is 0 Å². The van der Waals surface area contributed by atoms with Crippen LogP contribution >= 0.6 is 22.9 Å². The zero-order valence-electron chi connectivity index (χ0n) is 8.88. The van der Waals surface area contributed by atoms with Crippen LogP contribution in [0.3, 0.4) is 0 Å². The second kappa shape index (κ2) is 4.62. The Bertz CT molecular complexity index is 296. The summed E-state index contributed by atoms with van der Waals surface area (Å²) in [6.07, 6.45) is 0. The first-order chi connectivity index (χ1) is 6.45. The number of nitrogens with two attached hydrogens (primary N) is 1. The van der Waals surface area contributed by atoms with Gasteiger partial charge in [-0.05, 0) is 33.0 Å². The minimum absolute atomic E-state index is 0.0382. The smallest absolute Gasteiger partial charge is 0.0931 e. The van der Waals surface area contributed by atoms with Crippen LogP contribution in [0.4, 0.5) is 0 Å². The number of nitrogens with zero attached hydrogens (tertiary/aromatic N) is 1. The number of hydrogen-bond donors (Lipinski definition) is 1. The van der Waals surface area contributed by atoms with Crippen LogP contribution in [0, 0.1) is 0 Å². The molecule has 0 aliphatic rings. The van der Waals surface area contributed by atoms with E-state index >= 15 is 0 Å². The molecule has 0 aliphatic carbocycles. The lowest BCUT2D eigenvalue weighted by Gasteiger charge is -2.34. The van der Waals surface area contributed by atoms with Gasteiger partial charge in [-0.2, -0.15) is 0 Å². The monoisotopic (exact) mass is 232 g/mol. The number of likely N-dealkylation sites (N-methyl/N-ethyl adjacent to an activating group) is 1. The lowest BCUT2D eigenvalue weighted by Crippen LogP contribution is -2.46. The third-order valence-electron chi connectivity index (χ3n) is 2.55. The van der Waals surface area contributed by atoms with Crippen molar-refractivity contribution in [2.45, 2.75) is 25.9 Å². The second-order valence-electron chi connectivity index (χ2n) is 4.08. The Kier molecular flexibility index (Phi) is 3.95. The van der Waals surface area contributed by atoms with E-state index in [1.807, 2.05) is 6.07 Å². The van der Waals surface area contributed by atoms with Crippen molar-refractivity contribution in [1.82, 2.24) is 4.90 Å². The van der Waals surface area contributed by atoms with E-state index in [1.54, 1.807) is 11.3 Å². The van der Waals surface area contributed by atoms with Gasteiger partial charge in [-0.1, -0.05) is 11.6 Å². The minimum atomic E-state index is 0.0382. The van der Waals surface area contributed by atoms with Crippen molar-refractivity contribution in [3.05, 3.63) is 21.3 Å². The van der Waals surface area contributed by atoms with Gasteiger partial charge in [0, 0.05) is 23.5 Å². The molecule has 80 valence electrons. The van der Waals surface area contributed by atoms with Gasteiger partial charge in [-0.15, -0.1) is 11.3 Å². The highest BCUT2D eigenvalue weighted by Crippen LogP contribution is 2.24. The minimum Gasteiger partial charge on any atom is -0.329 e. The molecular weight excluding hydrogens is 216 g/mol. The molecule has 1 aromatic heterocycles. The SMILES string of the molecule is CN(Cc1ccc(Cl)s1)C(C)(C)CN. The van der Waals surface area contributed by atoms with Gasteiger partial charge in [0.1, 0.15) is 0 Å². The molecule has 1 rings (SSSR count). The molecule has 0 unspecified atom stereocenters. The van der Waals surface area contributed by atoms with Crippen molar-refractivity contribution in [1.29, 1.82) is 0 Å². The summed E-state index contributed by atoms with van der Waals surface area (Å²) in [5.41, 5.74) is 5.74. The summed E-state index contributed by atoms with van der Waals surface area (Å²) < 4.78 is 0.846. The number of thiophene rings is 1. The van der Waals surface area contributed by atoms with Gasteiger partial charge in [-0.3, -0.25) is 4.90 Å². The molecule has 0 bridgehead atoms. The summed E-state index contributed by atoms with van der Waals surface area (Å²) in [6.45, 7) is 5.84. The molecule has 0 aliphatic heterocycles. The Morgan fingerprint density at radius 2 is 2.14 bits per heavy atom. The zero-order valence-corrected chi connectivity index (χ0v) is 10.5. The molecule has 0 aromatic carbocycles. The van der Waals surface area contributed by atoms with Crippen LogP contribution in [0.1, 0.15) is 18.7 Å². The van der Waals surface area contributed by atoms with E-state index in [0.717, 1.165) is 10.9 Å². The summed E-state index contributed by atoms with van der Waals surface area (Å²) in [6, 6.07) is 4.00. The van der Waals surface area contributed by atoms with Crippen molar-refractivity contribution in [2.24, 2.45) is 5.73 Å². The standard InChI is InChI=1S/C10H17ClN2S/c1-10(2,7-12)13(3)6-8-4-5-9(11)14-8/h4-5H,6-7,12H2,1-3H3. The average Bonchev–Trinajstić information content (AvgIpc) is 2.51. The Morgan fingerprint density at radius 1 is 1.50 bits per heavy atom. The topological polar surface area (TPSA) is 29.3 Å². The summed E-state index contributed by atoms with van der Waals surface area (Å²) in [5.74, 6) is 0. The number of hydrogen-bond acceptors (Lipinski definition) is 3. The average molecular weight is 233 g/mol. The maximum atomic E-state index is 5.87. The van der Waals surface area contributed by atoms with E-state index in [4.69, 9.17) is 17.3 Å². The van der Waals surface area contributed by atoms with Gasteiger partial charge in [0.2, 0.25) is 0 Å². The fraction of sp³-hybridized carbons (Fsp3) is 0.600. The highest BCUT2D eigenvalue weighted by molar-refractivity contribution is 7.16. The van der Waals surface area contributed by atoms with Crippen LogP contribution in [-0.2, 0) is 6.54 Å². The lowest BCUT2D eigenvalue weighted by atomic mass is 10.0. The van der Waals surface area contributed by atoms with E-state index in [-0.39, 0.29) is 5.54 Å². The lowest BCUT2D eigenvalue weighted by molar-refractivity contribution is 0.157. The summed E-state index contributed by atoms with van der Waals surface area (Å²) in [5, 5.41) is 0. The van der Waals surface area contributed by atoms with Gasteiger partial charge >= 0.3 is 0 Å². The Labute approximate surface area is 94.7 Å². The summed E-state index contributed by atoms with van der Waals surface area (Å²) >= 11 is 7.49. The van der Waals surface area contributed by atoms with Crippen LogP contribution in [0.15, 0.2) is 12.1 Å². The van der Waals surface area contributed by atoms with Crippen LogP contribution in [0.2, 0.25) is 4.34 Å². The second-order valence-corrected chi connectivity index (χ2v) is 5.88. The molecule has 0 fully saturated rings. The van der Waals surface area contributed by atoms with Crippen molar-refractivity contribution in [3.63, 3.8) is 0 Å². The largest absolute Gasteiger partial charge is 0.329 e. The molecule has 2 nitrogen and oxygen atoms in total. The zero-order chi connectivity index (χ0) is 10.8. The van der Waals surface area contributed by atoms with Gasteiger partial charge in [-0.25, -0.2) is 0 Å². The van der Waals surface area contributed by atoms with E-state index in [9.17, 15) is 0 Å². The van der Waals surface area contributed by atoms with Crippen LogP contribution in [0.25, 0.3) is 0 Å². The molecule has 0 saturated heterocycles. The van der Waals surface area contributed by atoms with Gasteiger partial charge < -0.3 is 5.73 Å². The highest BCUT2D eigenvalue weighted by atomic mass is 35.5. The first-order valence-corrected chi connectivity index (χ1v) is 5.80. The molecule has 0 radical (unpaired) electrons. The maximum absolute atomic E-state index is 5.87. The molecule has 14 heavy (non-hydrogen) atoms. The summed E-state index contributed by atoms with van der Waals surface area (Å²) in [7, 11) is 2.08. The molecule has 0 atom stereocenters. The van der Waals surface area contributed by atoms with E-state index in [1.165, 1.54) is 4.88 Å². The molecule has 1 heterocycles. The molecular formula is C10H17ClN2S. The summed E-state index contributed by atoms with van der Waals surface area (Å²) in [4.78, 5) is 3.52. The first kappa shape index (κ1) is 12.0. The fourth-order valence-electron chi connectivity index (χ4n) is 1.04. The Balaban J connectivity index is 2.61. The number of rotatable bonds is 4. The van der Waals surface area contributed by atoms with Crippen molar-refractivity contribution >= 4 is 22.9 Å². The molecule has 0 amide bonds. The van der Waals surface area contributed by atoms with E-state index in [2.05, 4.69) is 31.9 Å². The highest BCUT2D eigenvalue weighted by Gasteiger charge is 2.21. The van der Waals surface area contributed by atoms with Gasteiger partial charge in [0.15, 0.2) is 0 Å². The Morgan fingerprint density at radius 3 is 2.57 bits per heavy atom. The molecule has 0 spiro atoms. The van der Waals surface area contributed by atoms with E-state index < -0.39 is 0 Å². The molecule has 0 saturated carbocycles. The predicted octanol–water partition coefficient (Wildman–Crippen LogP) is 2.57. The molecule has 2 N–H and O–H groups in total. The van der Waals surface area contributed by atoms with Crippen molar-refractivity contribution < 1.29 is 0 Å². The van der Waals surface area contributed by atoms with Gasteiger partial charge in [0.05, 0.1) is 4.34 Å². The number of halogens is 1. The fourth-order valence-corrected chi connectivity index (χ4v) is 2.18. The quantitative estimate of drug-likeness (QED) is 0.865. The van der Waals surface area contributed by atoms with Crippen LogP contribution < -0.4 is 5.73 Å². The predicted molar refractivity (Wildman–Crippen MR) is 63.9 cm³/mol. The Hall–Kier alpha value is -0.0900. The van der Waals surface area contributed by atoms with Crippen LogP contribution in [-0.4, -0.2) is 24.0 Å². The third kappa shape index (κ3) is 2.95. The van der Waals surface area contributed by atoms with Gasteiger partial charge in [0.25, 0.3) is 0 Å². The normalized spacial score (nSPS) is 12.4. The third-order valence-corrected chi connectivity index (χ3v) is 3.77. The molecule has 4 heteroatoms. The van der Waals surface area contributed by atoms with Crippen molar-refractivity contribution in [2.75, 3.05) is 13.6 Å².